The second kappa shape index (κ2) is 5.51. The van der Waals surface area contributed by atoms with Crippen molar-refractivity contribution in [2.24, 2.45) is 0 Å². The van der Waals surface area contributed by atoms with E-state index in [4.69, 9.17) is 4.98 Å². The van der Waals surface area contributed by atoms with Crippen LogP contribution in [-0.4, -0.2) is 31.2 Å². The summed E-state index contributed by atoms with van der Waals surface area (Å²) in [6.07, 6.45) is 7.60. The first kappa shape index (κ1) is 14.7. The summed E-state index contributed by atoms with van der Waals surface area (Å²) in [6.45, 7) is 0.733. The normalized spacial score (nSPS) is 17.8. The molecule has 4 heterocycles. The molecule has 1 aromatic carbocycles. The number of pyridine rings is 1. The van der Waals surface area contributed by atoms with Crippen molar-refractivity contribution >= 4 is 22.5 Å². The van der Waals surface area contributed by atoms with Crippen molar-refractivity contribution in [3.05, 3.63) is 66.4 Å². The molecule has 0 bridgehead atoms. The van der Waals surface area contributed by atoms with Gasteiger partial charge in [-0.05, 0) is 36.6 Å². The Balaban J connectivity index is 1.44. The fourth-order valence-electron chi connectivity index (χ4n) is 4.16. The highest BCUT2D eigenvalue weighted by molar-refractivity contribution is 5.77. The number of aromatic nitrogens is 5. The largest absolute Gasteiger partial charge is 0.363 e. The van der Waals surface area contributed by atoms with Crippen molar-refractivity contribution in [3.63, 3.8) is 0 Å². The van der Waals surface area contributed by atoms with Gasteiger partial charge in [0.2, 0.25) is 5.95 Å². The fraction of sp³-hybridized carbons (Fsp3) is 0.200. The van der Waals surface area contributed by atoms with E-state index in [9.17, 15) is 0 Å². The van der Waals surface area contributed by atoms with Crippen LogP contribution in [0.5, 0.6) is 0 Å². The second-order valence-electron chi connectivity index (χ2n) is 6.91. The van der Waals surface area contributed by atoms with Gasteiger partial charge in [0.1, 0.15) is 6.33 Å². The lowest BCUT2D eigenvalue weighted by Gasteiger charge is -2.25. The van der Waals surface area contributed by atoms with E-state index in [1.54, 1.807) is 6.33 Å². The van der Waals surface area contributed by atoms with Crippen molar-refractivity contribution in [1.82, 2.24) is 24.5 Å². The molecule has 4 aromatic rings. The highest BCUT2D eigenvalue weighted by Gasteiger charge is 2.34. The third-order valence-electron chi connectivity index (χ3n) is 5.45. The zero-order chi connectivity index (χ0) is 17.8. The van der Waals surface area contributed by atoms with E-state index in [-0.39, 0.29) is 0 Å². The predicted molar refractivity (Wildman–Crippen MR) is 103 cm³/mol. The van der Waals surface area contributed by atoms with Gasteiger partial charge in [-0.1, -0.05) is 18.2 Å². The summed E-state index contributed by atoms with van der Waals surface area (Å²) >= 11 is 0. The van der Waals surface area contributed by atoms with Crippen LogP contribution in [0.25, 0.3) is 17.0 Å². The number of rotatable bonds is 2. The van der Waals surface area contributed by atoms with Gasteiger partial charge in [-0.2, -0.15) is 4.98 Å². The Morgan fingerprint density at radius 3 is 3.00 bits per heavy atom. The molecule has 0 fully saturated rings. The van der Waals surface area contributed by atoms with E-state index >= 15 is 0 Å². The third-order valence-corrected chi connectivity index (χ3v) is 5.45. The maximum Gasteiger partial charge on any atom is 0.237 e. The Hall–Kier alpha value is -3.48. The average Bonchev–Trinajstić information content (AvgIpc) is 3.43. The van der Waals surface area contributed by atoms with Gasteiger partial charge in [0.25, 0.3) is 0 Å². The zero-order valence-corrected chi connectivity index (χ0v) is 14.6. The van der Waals surface area contributed by atoms with Gasteiger partial charge in [0.15, 0.2) is 5.82 Å². The minimum Gasteiger partial charge on any atom is -0.363 e. The van der Waals surface area contributed by atoms with Crippen LogP contribution in [0.3, 0.4) is 0 Å². The molecular weight excluding hydrogens is 338 g/mol. The number of anilines is 2. The molecule has 0 amide bonds. The Morgan fingerprint density at radius 1 is 1.04 bits per heavy atom. The lowest BCUT2D eigenvalue weighted by atomic mass is 10.1. The molecule has 3 aromatic heterocycles. The first-order chi connectivity index (χ1) is 13.4. The monoisotopic (exact) mass is 355 g/mol. The van der Waals surface area contributed by atoms with Crippen molar-refractivity contribution in [1.29, 1.82) is 0 Å². The van der Waals surface area contributed by atoms with Gasteiger partial charge in [-0.25, -0.2) is 9.97 Å². The van der Waals surface area contributed by atoms with Gasteiger partial charge < -0.3 is 10.2 Å². The molecule has 1 N–H and O–H groups in total. The minimum absolute atomic E-state index is 0.296. The zero-order valence-electron chi connectivity index (χ0n) is 14.6. The number of imidazole rings is 1. The van der Waals surface area contributed by atoms with Gasteiger partial charge in [-0.3, -0.25) is 9.55 Å². The fourth-order valence-corrected chi connectivity index (χ4v) is 4.16. The Bertz CT molecular complexity index is 1170. The van der Waals surface area contributed by atoms with Crippen LogP contribution in [0, 0.1) is 0 Å². The molecule has 0 saturated heterocycles. The Labute approximate surface area is 155 Å². The highest BCUT2D eigenvalue weighted by Crippen LogP contribution is 2.41. The number of nitrogens with zero attached hydrogens (tertiary/aromatic N) is 6. The average molecular weight is 355 g/mol. The van der Waals surface area contributed by atoms with Crippen molar-refractivity contribution in [3.8, 4) is 5.95 Å². The molecule has 132 valence electrons. The van der Waals surface area contributed by atoms with E-state index in [0.717, 1.165) is 42.0 Å². The standard InChI is InChI=1S/C20H17N7/c1-2-6-18-15(5-1)23-12-27(18)20-22-10-16-19(25-20)26(11-24-16)17-8-7-14-13(17)4-3-9-21-14/h1-6,9-10,12,17,24H,7-8,11H2. The first-order valence-corrected chi connectivity index (χ1v) is 9.12. The molecule has 0 saturated carbocycles. The molecule has 1 atom stereocenters. The quantitative estimate of drug-likeness (QED) is 0.596. The van der Waals surface area contributed by atoms with Gasteiger partial charge in [-0.15, -0.1) is 0 Å². The highest BCUT2D eigenvalue weighted by atomic mass is 15.4. The van der Waals surface area contributed by atoms with E-state index in [1.165, 1.54) is 11.3 Å². The molecule has 2 aliphatic rings. The molecule has 6 rings (SSSR count). The number of fused-ring (bicyclic) bond motifs is 3. The van der Waals surface area contributed by atoms with Crippen molar-refractivity contribution in [2.75, 3.05) is 16.9 Å². The molecule has 1 aliphatic carbocycles. The van der Waals surface area contributed by atoms with Crippen LogP contribution in [0.15, 0.2) is 55.1 Å². The summed E-state index contributed by atoms with van der Waals surface area (Å²) in [5, 5.41) is 3.42. The molecular formula is C20H17N7. The number of para-hydroxylation sites is 2. The summed E-state index contributed by atoms with van der Waals surface area (Å²) in [6, 6.07) is 12.5. The first-order valence-electron chi connectivity index (χ1n) is 9.12. The Kier molecular flexibility index (Phi) is 2.99. The molecule has 1 aliphatic heterocycles. The summed E-state index contributed by atoms with van der Waals surface area (Å²) in [7, 11) is 0. The van der Waals surface area contributed by atoms with Crippen LogP contribution >= 0.6 is 0 Å². The lowest BCUT2D eigenvalue weighted by molar-refractivity contribution is 0.637. The topological polar surface area (TPSA) is 71.8 Å². The molecule has 0 spiro atoms. The van der Waals surface area contributed by atoms with Gasteiger partial charge in [0.05, 0.1) is 35.6 Å². The summed E-state index contributed by atoms with van der Waals surface area (Å²) < 4.78 is 1.94. The number of hydrogen-bond donors (Lipinski definition) is 1. The summed E-state index contributed by atoms with van der Waals surface area (Å²) in [4.78, 5) is 20.8. The van der Waals surface area contributed by atoms with Crippen LogP contribution in [0.4, 0.5) is 11.5 Å². The van der Waals surface area contributed by atoms with E-state index in [0.29, 0.717) is 12.0 Å². The number of benzene rings is 1. The Morgan fingerprint density at radius 2 is 2.00 bits per heavy atom. The number of nitrogens with one attached hydrogen (secondary N) is 1. The van der Waals surface area contributed by atoms with E-state index in [2.05, 4.69) is 31.2 Å². The summed E-state index contributed by atoms with van der Waals surface area (Å²) in [5.41, 5.74) is 5.42. The van der Waals surface area contributed by atoms with Crippen molar-refractivity contribution in [2.45, 2.75) is 18.9 Å². The lowest BCUT2D eigenvalue weighted by Crippen LogP contribution is -2.27. The SMILES string of the molecule is c1cnc2c(c1)C(N1CNc3cnc(-n4cnc5ccccc54)nc31)CC2. The molecule has 1 unspecified atom stereocenters. The van der Waals surface area contributed by atoms with Gasteiger partial charge in [0, 0.05) is 11.9 Å². The van der Waals surface area contributed by atoms with Crippen LogP contribution in [0.2, 0.25) is 0 Å². The van der Waals surface area contributed by atoms with Crippen LogP contribution < -0.4 is 10.2 Å². The predicted octanol–water partition coefficient (Wildman–Crippen LogP) is 3.09. The maximum absolute atomic E-state index is 4.90. The summed E-state index contributed by atoms with van der Waals surface area (Å²) in [5.74, 6) is 1.58. The van der Waals surface area contributed by atoms with Crippen LogP contribution in [-0.2, 0) is 6.42 Å². The number of hydrogen-bond acceptors (Lipinski definition) is 6. The maximum atomic E-state index is 4.90. The minimum atomic E-state index is 0.296. The molecule has 7 heteroatoms. The number of aryl methyl sites for hydroxylation is 1. The third kappa shape index (κ3) is 2.14. The van der Waals surface area contributed by atoms with Crippen molar-refractivity contribution < 1.29 is 0 Å². The smallest absolute Gasteiger partial charge is 0.237 e. The van der Waals surface area contributed by atoms with E-state index < -0.39 is 0 Å². The van der Waals surface area contributed by atoms with Gasteiger partial charge >= 0.3 is 0 Å². The molecule has 0 radical (unpaired) electrons. The van der Waals surface area contributed by atoms with Crippen LogP contribution in [0.1, 0.15) is 23.7 Å². The molecule has 27 heavy (non-hydrogen) atoms. The second-order valence-corrected chi connectivity index (χ2v) is 6.91. The van der Waals surface area contributed by atoms with E-state index in [1.807, 2.05) is 47.3 Å². The molecule has 7 nitrogen and oxygen atoms in total.